The number of nitrogens with two attached hydrogens (primary N) is 1. The molecule has 1 aromatic rings. The van der Waals surface area contributed by atoms with Crippen LogP contribution >= 0.6 is 0 Å². The predicted octanol–water partition coefficient (Wildman–Crippen LogP) is 0.354. The van der Waals surface area contributed by atoms with Crippen LogP contribution in [-0.4, -0.2) is 40.1 Å². The summed E-state index contributed by atoms with van der Waals surface area (Å²) in [5, 5.41) is 9.30. The third kappa shape index (κ3) is 2.60. The lowest BCUT2D eigenvalue weighted by Crippen LogP contribution is -2.45. The Morgan fingerprint density at radius 3 is 3.00 bits per heavy atom. The first-order valence-corrected chi connectivity index (χ1v) is 6.10. The second-order valence-electron chi connectivity index (χ2n) is 4.41. The number of carbonyl (C=O) groups excluding carboxylic acids is 1. The third-order valence-electron chi connectivity index (χ3n) is 3.26. The van der Waals surface area contributed by atoms with Crippen LogP contribution in [0.2, 0.25) is 0 Å². The standard InChI is InChI=1S/C12H18N4O2/c13-15-11-5-4-9(7-14-11)12(18)16-6-2-1-3-10(16)8-17/h4-5,7,10,17H,1-3,6,8,13H2,(H,14,15). The smallest absolute Gasteiger partial charge is 0.255 e. The minimum atomic E-state index is -0.0789. The van der Waals surface area contributed by atoms with E-state index in [4.69, 9.17) is 5.84 Å². The Hall–Kier alpha value is -1.66. The van der Waals surface area contributed by atoms with Crippen LogP contribution in [0.15, 0.2) is 18.3 Å². The van der Waals surface area contributed by atoms with Gasteiger partial charge in [0.15, 0.2) is 0 Å². The number of aliphatic hydroxyl groups excluding tert-OH is 1. The maximum atomic E-state index is 12.3. The molecular formula is C12H18N4O2. The van der Waals surface area contributed by atoms with Crippen molar-refractivity contribution < 1.29 is 9.90 Å². The first-order valence-electron chi connectivity index (χ1n) is 6.10. The number of piperidine rings is 1. The summed E-state index contributed by atoms with van der Waals surface area (Å²) in [4.78, 5) is 18.0. The predicted molar refractivity (Wildman–Crippen MR) is 67.8 cm³/mol. The highest BCUT2D eigenvalue weighted by Crippen LogP contribution is 2.19. The molecule has 0 radical (unpaired) electrons. The number of pyridine rings is 1. The van der Waals surface area contributed by atoms with Gasteiger partial charge in [-0.1, -0.05) is 0 Å². The van der Waals surface area contributed by atoms with Crippen molar-refractivity contribution in [2.45, 2.75) is 25.3 Å². The van der Waals surface area contributed by atoms with E-state index >= 15 is 0 Å². The number of hydrogen-bond donors (Lipinski definition) is 3. The topological polar surface area (TPSA) is 91.5 Å². The number of carbonyl (C=O) groups is 1. The molecule has 98 valence electrons. The van der Waals surface area contributed by atoms with Crippen molar-refractivity contribution in [3.63, 3.8) is 0 Å². The lowest BCUT2D eigenvalue weighted by Gasteiger charge is -2.34. The number of nitrogen functional groups attached to an aromatic ring is 1. The maximum absolute atomic E-state index is 12.3. The van der Waals surface area contributed by atoms with Crippen molar-refractivity contribution in [3.8, 4) is 0 Å². The minimum Gasteiger partial charge on any atom is -0.394 e. The highest BCUT2D eigenvalue weighted by atomic mass is 16.3. The maximum Gasteiger partial charge on any atom is 0.255 e. The Morgan fingerprint density at radius 2 is 2.39 bits per heavy atom. The van der Waals surface area contributed by atoms with Crippen LogP contribution in [-0.2, 0) is 0 Å². The SMILES string of the molecule is NNc1ccc(C(=O)N2CCCCC2CO)cn1. The summed E-state index contributed by atoms with van der Waals surface area (Å²) in [6, 6.07) is 3.28. The summed E-state index contributed by atoms with van der Waals surface area (Å²) in [5.74, 6) is 5.66. The number of nitrogens with one attached hydrogen (secondary N) is 1. The van der Waals surface area contributed by atoms with Crippen molar-refractivity contribution >= 4 is 11.7 Å². The molecule has 0 spiro atoms. The van der Waals surface area contributed by atoms with Crippen LogP contribution in [0.4, 0.5) is 5.82 Å². The van der Waals surface area contributed by atoms with Gasteiger partial charge in [-0.05, 0) is 31.4 Å². The largest absolute Gasteiger partial charge is 0.394 e. The zero-order chi connectivity index (χ0) is 13.0. The monoisotopic (exact) mass is 250 g/mol. The highest BCUT2D eigenvalue weighted by molar-refractivity contribution is 5.94. The Balaban J connectivity index is 2.13. The summed E-state index contributed by atoms with van der Waals surface area (Å²) >= 11 is 0. The van der Waals surface area contributed by atoms with Gasteiger partial charge in [-0.2, -0.15) is 0 Å². The van der Waals surface area contributed by atoms with Crippen molar-refractivity contribution in [3.05, 3.63) is 23.9 Å². The first kappa shape index (κ1) is 12.8. The second-order valence-corrected chi connectivity index (χ2v) is 4.41. The van der Waals surface area contributed by atoms with Crippen molar-refractivity contribution in [1.29, 1.82) is 0 Å². The van der Waals surface area contributed by atoms with E-state index in [2.05, 4.69) is 10.4 Å². The number of aromatic nitrogens is 1. The van der Waals surface area contributed by atoms with E-state index in [-0.39, 0.29) is 18.6 Å². The van der Waals surface area contributed by atoms with E-state index < -0.39 is 0 Å². The number of hydrogen-bond acceptors (Lipinski definition) is 5. The number of amides is 1. The number of rotatable bonds is 3. The van der Waals surface area contributed by atoms with Crippen LogP contribution in [0.3, 0.4) is 0 Å². The van der Waals surface area contributed by atoms with E-state index in [9.17, 15) is 9.90 Å². The molecule has 18 heavy (non-hydrogen) atoms. The molecule has 1 atom stereocenters. The van der Waals surface area contributed by atoms with Gasteiger partial charge in [0.05, 0.1) is 18.2 Å². The molecule has 1 amide bonds. The van der Waals surface area contributed by atoms with Crippen LogP contribution < -0.4 is 11.3 Å². The summed E-state index contributed by atoms with van der Waals surface area (Å²) < 4.78 is 0. The molecule has 6 nitrogen and oxygen atoms in total. The molecule has 2 heterocycles. The van der Waals surface area contributed by atoms with E-state index in [1.54, 1.807) is 17.0 Å². The number of likely N-dealkylation sites (tertiary alicyclic amines) is 1. The third-order valence-corrected chi connectivity index (χ3v) is 3.26. The van der Waals surface area contributed by atoms with Gasteiger partial charge >= 0.3 is 0 Å². The molecule has 0 saturated carbocycles. The van der Waals surface area contributed by atoms with Crippen molar-refractivity contribution in [2.24, 2.45) is 5.84 Å². The molecule has 1 aliphatic rings. The summed E-state index contributed by atoms with van der Waals surface area (Å²) in [6.07, 6.45) is 4.40. The van der Waals surface area contributed by atoms with E-state index in [1.807, 2.05) is 0 Å². The van der Waals surface area contributed by atoms with E-state index in [1.165, 1.54) is 6.20 Å². The molecule has 1 aliphatic heterocycles. The van der Waals surface area contributed by atoms with Gasteiger partial charge in [-0.15, -0.1) is 0 Å². The van der Waals surface area contributed by atoms with Gasteiger partial charge in [0.2, 0.25) is 0 Å². The number of nitrogens with zero attached hydrogens (tertiary/aromatic N) is 2. The van der Waals surface area contributed by atoms with E-state index in [0.29, 0.717) is 17.9 Å². The Kier molecular flexibility index (Phi) is 4.11. The lowest BCUT2D eigenvalue weighted by molar-refractivity contribution is 0.0502. The fourth-order valence-corrected chi connectivity index (χ4v) is 2.23. The zero-order valence-electron chi connectivity index (χ0n) is 10.2. The van der Waals surface area contributed by atoms with Gasteiger partial charge in [0, 0.05) is 12.7 Å². The fraction of sp³-hybridized carbons (Fsp3) is 0.500. The summed E-state index contributed by atoms with van der Waals surface area (Å²) in [5.41, 5.74) is 2.94. The number of anilines is 1. The highest BCUT2D eigenvalue weighted by Gasteiger charge is 2.26. The normalized spacial score (nSPS) is 19.7. The van der Waals surface area contributed by atoms with E-state index in [0.717, 1.165) is 19.3 Å². The van der Waals surface area contributed by atoms with Crippen LogP contribution in [0, 0.1) is 0 Å². The molecule has 6 heteroatoms. The Morgan fingerprint density at radius 1 is 1.56 bits per heavy atom. The van der Waals surface area contributed by atoms with Crippen molar-refractivity contribution in [2.75, 3.05) is 18.6 Å². The van der Waals surface area contributed by atoms with Crippen LogP contribution in [0.25, 0.3) is 0 Å². The van der Waals surface area contributed by atoms with Gasteiger partial charge < -0.3 is 15.4 Å². The molecule has 1 unspecified atom stereocenters. The van der Waals surface area contributed by atoms with Crippen LogP contribution in [0.1, 0.15) is 29.6 Å². The molecule has 4 N–H and O–H groups in total. The summed E-state index contributed by atoms with van der Waals surface area (Å²) in [6.45, 7) is 0.711. The molecule has 2 rings (SSSR count). The lowest BCUT2D eigenvalue weighted by atomic mass is 10.0. The number of hydrazine groups is 1. The summed E-state index contributed by atoms with van der Waals surface area (Å²) in [7, 11) is 0. The molecule has 0 bridgehead atoms. The average molecular weight is 250 g/mol. The molecule has 1 aromatic heterocycles. The molecule has 0 aliphatic carbocycles. The molecule has 1 fully saturated rings. The van der Waals surface area contributed by atoms with Gasteiger partial charge in [-0.25, -0.2) is 10.8 Å². The molecule has 0 aromatic carbocycles. The quantitative estimate of drug-likeness (QED) is 0.532. The Bertz CT molecular complexity index is 407. The number of aliphatic hydroxyl groups is 1. The molecule has 1 saturated heterocycles. The van der Waals surface area contributed by atoms with Crippen LogP contribution in [0.5, 0.6) is 0 Å². The van der Waals surface area contributed by atoms with Gasteiger partial charge in [0.1, 0.15) is 5.82 Å². The van der Waals surface area contributed by atoms with Crippen molar-refractivity contribution in [1.82, 2.24) is 9.88 Å². The Labute approximate surface area is 106 Å². The zero-order valence-corrected chi connectivity index (χ0v) is 10.2. The average Bonchev–Trinajstić information content (AvgIpc) is 2.46. The fourth-order valence-electron chi connectivity index (χ4n) is 2.23. The minimum absolute atomic E-state index is 0.0155. The van der Waals surface area contributed by atoms with Gasteiger partial charge in [0.25, 0.3) is 5.91 Å². The van der Waals surface area contributed by atoms with Gasteiger partial charge in [-0.3, -0.25) is 4.79 Å². The first-order chi connectivity index (χ1) is 8.76. The molecular weight excluding hydrogens is 232 g/mol. The second kappa shape index (κ2) is 5.79.